The molecule has 21 heavy (non-hydrogen) atoms. The van der Waals surface area contributed by atoms with E-state index >= 15 is 0 Å². The van der Waals surface area contributed by atoms with Gasteiger partial charge < -0.3 is 9.47 Å². The van der Waals surface area contributed by atoms with E-state index in [0.29, 0.717) is 11.3 Å². The normalized spacial score (nSPS) is 11.3. The zero-order chi connectivity index (χ0) is 15.2. The third-order valence-electron chi connectivity index (χ3n) is 3.05. The number of rotatable bonds is 4. The molecule has 0 aliphatic heterocycles. The number of ether oxygens (including phenoxy) is 2. The zero-order valence-corrected chi connectivity index (χ0v) is 11.9. The van der Waals surface area contributed by atoms with E-state index < -0.39 is 12.1 Å². The Kier molecular flexibility index (Phi) is 4.57. The van der Waals surface area contributed by atoms with Crippen LogP contribution in [-0.2, 0) is 9.53 Å². The van der Waals surface area contributed by atoms with Crippen molar-refractivity contribution in [1.29, 1.82) is 5.26 Å². The Morgan fingerprint density at radius 2 is 1.57 bits per heavy atom. The minimum Gasteiger partial charge on any atom is -0.479 e. The van der Waals surface area contributed by atoms with Crippen LogP contribution in [0.25, 0.3) is 11.1 Å². The quantitative estimate of drug-likeness (QED) is 0.808. The SMILES string of the molecule is COC(=O)[C@@H](C)Oc1ccc(-c2ccc(C#N)cc2)cc1. The number of nitriles is 1. The smallest absolute Gasteiger partial charge is 0.346 e. The first kappa shape index (κ1) is 14.6. The van der Waals surface area contributed by atoms with Gasteiger partial charge >= 0.3 is 5.97 Å². The largest absolute Gasteiger partial charge is 0.479 e. The number of carbonyl (C=O) groups is 1. The first-order valence-corrected chi connectivity index (χ1v) is 6.49. The highest BCUT2D eigenvalue weighted by molar-refractivity contribution is 5.74. The van der Waals surface area contributed by atoms with E-state index in [0.717, 1.165) is 11.1 Å². The second kappa shape index (κ2) is 6.58. The first-order valence-electron chi connectivity index (χ1n) is 6.49. The Bertz CT molecular complexity index is 654. The lowest BCUT2D eigenvalue weighted by Gasteiger charge is -2.12. The fourth-order valence-electron chi connectivity index (χ4n) is 1.88. The summed E-state index contributed by atoms with van der Waals surface area (Å²) < 4.78 is 10.1. The summed E-state index contributed by atoms with van der Waals surface area (Å²) >= 11 is 0. The van der Waals surface area contributed by atoms with Gasteiger partial charge in [-0.1, -0.05) is 24.3 Å². The maximum absolute atomic E-state index is 11.3. The average molecular weight is 281 g/mol. The van der Waals surface area contributed by atoms with Crippen molar-refractivity contribution in [2.45, 2.75) is 13.0 Å². The summed E-state index contributed by atoms with van der Waals surface area (Å²) in [5, 5.41) is 8.78. The summed E-state index contributed by atoms with van der Waals surface area (Å²) in [6, 6.07) is 16.8. The number of benzene rings is 2. The molecule has 4 nitrogen and oxygen atoms in total. The molecular formula is C17H15NO3. The fraction of sp³-hybridized carbons (Fsp3) is 0.176. The highest BCUT2D eigenvalue weighted by Gasteiger charge is 2.14. The molecular weight excluding hydrogens is 266 g/mol. The second-order valence-corrected chi connectivity index (χ2v) is 4.50. The Labute approximate surface area is 123 Å². The van der Waals surface area contributed by atoms with Gasteiger partial charge in [0.15, 0.2) is 6.10 Å². The van der Waals surface area contributed by atoms with Crippen LogP contribution < -0.4 is 4.74 Å². The van der Waals surface area contributed by atoms with Crippen LogP contribution >= 0.6 is 0 Å². The summed E-state index contributed by atoms with van der Waals surface area (Å²) in [6.07, 6.45) is -0.643. The van der Waals surface area contributed by atoms with E-state index in [1.807, 2.05) is 24.3 Å². The maximum atomic E-state index is 11.3. The van der Waals surface area contributed by atoms with Crippen LogP contribution in [0.4, 0.5) is 0 Å². The minimum atomic E-state index is -0.643. The number of methoxy groups -OCH3 is 1. The van der Waals surface area contributed by atoms with Crippen LogP contribution in [0.2, 0.25) is 0 Å². The summed E-state index contributed by atoms with van der Waals surface area (Å²) in [4.78, 5) is 11.3. The molecule has 0 N–H and O–H groups in total. The van der Waals surface area contributed by atoms with E-state index in [1.165, 1.54) is 7.11 Å². The number of hydrogen-bond donors (Lipinski definition) is 0. The van der Waals surface area contributed by atoms with Gasteiger partial charge in [-0.2, -0.15) is 5.26 Å². The van der Waals surface area contributed by atoms with Crippen molar-refractivity contribution in [2.75, 3.05) is 7.11 Å². The number of carbonyl (C=O) groups excluding carboxylic acids is 1. The van der Waals surface area contributed by atoms with Crippen molar-refractivity contribution in [3.63, 3.8) is 0 Å². The summed E-state index contributed by atoms with van der Waals surface area (Å²) in [5.41, 5.74) is 2.66. The molecule has 0 aliphatic rings. The third kappa shape index (κ3) is 3.61. The Hall–Kier alpha value is -2.80. The molecule has 2 rings (SSSR count). The Morgan fingerprint density at radius 1 is 1.05 bits per heavy atom. The van der Waals surface area contributed by atoms with Gasteiger partial charge in [-0.05, 0) is 42.3 Å². The van der Waals surface area contributed by atoms with Crippen LogP contribution in [0.1, 0.15) is 12.5 Å². The van der Waals surface area contributed by atoms with E-state index in [1.54, 1.807) is 31.2 Å². The van der Waals surface area contributed by atoms with Crippen LogP contribution in [-0.4, -0.2) is 19.2 Å². The predicted molar refractivity (Wildman–Crippen MR) is 78.7 cm³/mol. The van der Waals surface area contributed by atoms with Crippen molar-refractivity contribution in [1.82, 2.24) is 0 Å². The number of esters is 1. The second-order valence-electron chi connectivity index (χ2n) is 4.50. The van der Waals surface area contributed by atoms with Crippen molar-refractivity contribution < 1.29 is 14.3 Å². The summed E-state index contributed by atoms with van der Waals surface area (Å²) in [5.74, 6) is 0.191. The van der Waals surface area contributed by atoms with Gasteiger partial charge in [-0.15, -0.1) is 0 Å². The molecule has 0 bridgehead atoms. The zero-order valence-electron chi connectivity index (χ0n) is 11.9. The van der Waals surface area contributed by atoms with Gasteiger partial charge in [0, 0.05) is 0 Å². The summed E-state index contributed by atoms with van der Waals surface area (Å²) in [7, 11) is 1.33. The van der Waals surface area contributed by atoms with Crippen LogP contribution in [0.3, 0.4) is 0 Å². The lowest BCUT2D eigenvalue weighted by Crippen LogP contribution is -2.24. The fourth-order valence-corrected chi connectivity index (χ4v) is 1.88. The van der Waals surface area contributed by atoms with Gasteiger partial charge in [0.25, 0.3) is 0 Å². The van der Waals surface area contributed by atoms with Gasteiger partial charge in [-0.3, -0.25) is 0 Å². The van der Waals surface area contributed by atoms with Gasteiger partial charge in [0.1, 0.15) is 5.75 Å². The topological polar surface area (TPSA) is 59.3 Å². The van der Waals surface area contributed by atoms with Crippen molar-refractivity contribution in [3.05, 3.63) is 54.1 Å². The van der Waals surface area contributed by atoms with Crippen LogP contribution in [0.15, 0.2) is 48.5 Å². The van der Waals surface area contributed by atoms with E-state index in [9.17, 15) is 4.79 Å². The number of nitrogens with zero attached hydrogens (tertiary/aromatic N) is 1. The van der Waals surface area contributed by atoms with Crippen LogP contribution in [0.5, 0.6) is 5.75 Å². The highest BCUT2D eigenvalue weighted by atomic mass is 16.6. The maximum Gasteiger partial charge on any atom is 0.346 e. The molecule has 0 unspecified atom stereocenters. The van der Waals surface area contributed by atoms with Gasteiger partial charge in [0.2, 0.25) is 0 Å². The average Bonchev–Trinajstić information content (AvgIpc) is 2.55. The van der Waals surface area contributed by atoms with E-state index in [4.69, 9.17) is 10.00 Å². The molecule has 0 spiro atoms. The van der Waals surface area contributed by atoms with Gasteiger partial charge in [0.05, 0.1) is 18.7 Å². The van der Waals surface area contributed by atoms with Gasteiger partial charge in [-0.25, -0.2) is 4.79 Å². The Balaban J connectivity index is 2.11. The molecule has 0 aromatic heterocycles. The molecule has 2 aromatic rings. The lowest BCUT2D eigenvalue weighted by molar-refractivity contribution is -0.147. The molecule has 2 aromatic carbocycles. The molecule has 0 saturated heterocycles. The van der Waals surface area contributed by atoms with Crippen molar-refractivity contribution in [3.8, 4) is 22.9 Å². The Morgan fingerprint density at radius 3 is 2.05 bits per heavy atom. The van der Waals surface area contributed by atoms with Crippen LogP contribution in [0, 0.1) is 11.3 Å². The molecule has 0 fully saturated rings. The molecule has 4 heteroatoms. The molecule has 0 saturated carbocycles. The van der Waals surface area contributed by atoms with Crippen molar-refractivity contribution in [2.24, 2.45) is 0 Å². The third-order valence-corrected chi connectivity index (χ3v) is 3.05. The molecule has 1 atom stereocenters. The highest BCUT2D eigenvalue weighted by Crippen LogP contribution is 2.23. The van der Waals surface area contributed by atoms with E-state index in [-0.39, 0.29) is 0 Å². The first-order chi connectivity index (χ1) is 10.1. The number of hydrogen-bond acceptors (Lipinski definition) is 4. The van der Waals surface area contributed by atoms with Crippen molar-refractivity contribution >= 4 is 5.97 Å². The monoisotopic (exact) mass is 281 g/mol. The minimum absolute atomic E-state index is 0.411. The molecule has 0 radical (unpaired) electrons. The van der Waals surface area contributed by atoms with E-state index in [2.05, 4.69) is 10.8 Å². The lowest BCUT2D eigenvalue weighted by atomic mass is 10.0. The molecule has 0 amide bonds. The predicted octanol–water partition coefficient (Wildman–Crippen LogP) is 3.17. The standard InChI is InChI=1S/C17H15NO3/c1-12(17(19)20-2)21-16-9-7-15(8-10-16)14-5-3-13(11-18)4-6-14/h3-10,12H,1-2H3/t12-/m1/s1. The molecule has 106 valence electrons. The summed E-state index contributed by atoms with van der Waals surface area (Å²) in [6.45, 7) is 1.64. The molecule has 0 aliphatic carbocycles. The molecule has 0 heterocycles.